The summed E-state index contributed by atoms with van der Waals surface area (Å²) in [5, 5.41) is 11.7. The maximum atomic E-state index is 8.41. The van der Waals surface area contributed by atoms with Gasteiger partial charge in [-0.05, 0) is 19.1 Å². The molecule has 0 fully saturated rings. The van der Waals surface area contributed by atoms with Crippen molar-refractivity contribution in [2.24, 2.45) is 0 Å². The Labute approximate surface area is 78.4 Å². The Kier molecular flexibility index (Phi) is 4.07. The van der Waals surface area contributed by atoms with E-state index in [-0.39, 0.29) is 6.04 Å². The molecule has 0 aliphatic heterocycles. The fourth-order valence-corrected chi connectivity index (χ4v) is 1.11. The second-order valence-corrected chi connectivity index (χ2v) is 3.05. The smallest absolute Gasteiger partial charge is 0.105 e. The predicted molar refractivity (Wildman–Crippen MR) is 50.1 cm³/mol. The number of nitriles is 1. The highest BCUT2D eigenvalue weighted by molar-refractivity contribution is 4.98. The molecule has 0 saturated carbocycles. The average Bonchev–Trinajstić information content (AvgIpc) is 2.57. The molecule has 1 heterocycles. The third kappa shape index (κ3) is 3.77. The summed E-state index contributed by atoms with van der Waals surface area (Å²) in [5.74, 6) is 0.983. The van der Waals surface area contributed by atoms with Gasteiger partial charge in [0, 0.05) is 19.0 Å². The van der Waals surface area contributed by atoms with E-state index in [1.807, 2.05) is 19.1 Å². The molecule has 3 nitrogen and oxygen atoms in total. The van der Waals surface area contributed by atoms with Gasteiger partial charge in [0.1, 0.15) is 5.76 Å². The van der Waals surface area contributed by atoms with Crippen LogP contribution in [0.5, 0.6) is 0 Å². The van der Waals surface area contributed by atoms with Crippen LogP contribution in [-0.4, -0.2) is 12.6 Å². The van der Waals surface area contributed by atoms with Crippen molar-refractivity contribution >= 4 is 0 Å². The van der Waals surface area contributed by atoms with E-state index in [2.05, 4.69) is 11.4 Å². The number of hydrogen-bond acceptors (Lipinski definition) is 3. The number of hydrogen-bond donors (Lipinski definition) is 1. The molecule has 0 bridgehead atoms. The highest BCUT2D eigenvalue weighted by Crippen LogP contribution is 2.00. The van der Waals surface area contributed by atoms with Crippen LogP contribution >= 0.6 is 0 Å². The standard InChI is InChI=1S/C10H14N2O/c1-9(4-6-11)12-7-5-10-3-2-8-13-10/h2-3,8-9,12H,4-5,7H2,1H3. The van der Waals surface area contributed by atoms with Gasteiger partial charge >= 0.3 is 0 Å². The van der Waals surface area contributed by atoms with Gasteiger partial charge < -0.3 is 9.73 Å². The summed E-state index contributed by atoms with van der Waals surface area (Å²) in [5.41, 5.74) is 0. The maximum Gasteiger partial charge on any atom is 0.105 e. The van der Waals surface area contributed by atoms with E-state index < -0.39 is 0 Å². The van der Waals surface area contributed by atoms with E-state index in [0.29, 0.717) is 6.42 Å². The fourth-order valence-electron chi connectivity index (χ4n) is 1.11. The van der Waals surface area contributed by atoms with Crippen LogP contribution in [0.25, 0.3) is 0 Å². The zero-order valence-electron chi connectivity index (χ0n) is 7.79. The lowest BCUT2D eigenvalue weighted by molar-refractivity contribution is 0.483. The van der Waals surface area contributed by atoms with Crippen molar-refractivity contribution in [1.82, 2.24) is 5.32 Å². The van der Waals surface area contributed by atoms with Gasteiger partial charge in [-0.1, -0.05) is 0 Å². The Hall–Kier alpha value is -1.27. The molecule has 1 N–H and O–H groups in total. The molecule has 0 aromatic carbocycles. The highest BCUT2D eigenvalue weighted by Gasteiger charge is 2.00. The summed E-state index contributed by atoms with van der Waals surface area (Å²) < 4.78 is 5.17. The van der Waals surface area contributed by atoms with Crippen molar-refractivity contribution in [3.8, 4) is 6.07 Å². The van der Waals surface area contributed by atoms with Gasteiger partial charge in [0.15, 0.2) is 0 Å². The minimum atomic E-state index is 0.264. The van der Waals surface area contributed by atoms with E-state index in [0.717, 1.165) is 18.7 Å². The Morgan fingerprint density at radius 3 is 3.15 bits per heavy atom. The maximum absolute atomic E-state index is 8.41. The van der Waals surface area contributed by atoms with Gasteiger partial charge in [-0.3, -0.25) is 0 Å². The third-order valence-corrected chi connectivity index (χ3v) is 1.84. The van der Waals surface area contributed by atoms with Crippen LogP contribution in [0.4, 0.5) is 0 Å². The van der Waals surface area contributed by atoms with Crippen LogP contribution in [0.2, 0.25) is 0 Å². The molecule has 0 saturated heterocycles. The molecule has 1 aromatic heterocycles. The fraction of sp³-hybridized carbons (Fsp3) is 0.500. The van der Waals surface area contributed by atoms with E-state index >= 15 is 0 Å². The van der Waals surface area contributed by atoms with E-state index in [9.17, 15) is 0 Å². The van der Waals surface area contributed by atoms with Crippen LogP contribution in [0, 0.1) is 11.3 Å². The number of nitrogens with one attached hydrogen (secondary N) is 1. The summed E-state index contributed by atoms with van der Waals surface area (Å²) >= 11 is 0. The van der Waals surface area contributed by atoms with Gasteiger partial charge in [0.25, 0.3) is 0 Å². The largest absolute Gasteiger partial charge is 0.469 e. The predicted octanol–water partition coefficient (Wildman–Crippen LogP) is 1.71. The number of rotatable bonds is 5. The van der Waals surface area contributed by atoms with Crippen LogP contribution in [0.15, 0.2) is 22.8 Å². The summed E-state index contributed by atoms with van der Waals surface area (Å²) in [6.07, 6.45) is 3.11. The third-order valence-electron chi connectivity index (χ3n) is 1.84. The van der Waals surface area contributed by atoms with E-state index in [4.69, 9.17) is 9.68 Å². The van der Waals surface area contributed by atoms with Crippen LogP contribution < -0.4 is 5.32 Å². The first-order chi connectivity index (χ1) is 6.33. The Morgan fingerprint density at radius 2 is 2.54 bits per heavy atom. The van der Waals surface area contributed by atoms with Gasteiger partial charge in [-0.2, -0.15) is 5.26 Å². The van der Waals surface area contributed by atoms with Crippen LogP contribution in [0.3, 0.4) is 0 Å². The summed E-state index contributed by atoms with van der Waals surface area (Å²) in [6, 6.07) is 6.23. The lowest BCUT2D eigenvalue weighted by Gasteiger charge is -2.08. The van der Waals surface area contributed by atoms with Crippen molar-refractivity contribution in [2.45, 2.75) is 25.8 Å². The summed E-state index contributed by atoms with van der Waals surface area (Å²) in [4.78, 5) is 0. The minimum Gasteiger partial charge on any atom is -0.469 e. The first kappa shape index (κ1) is 9.82. The zero-order chi connectivity index (χ0) is 9.52. The van der Waals surface area contributed by atoms with Gasteiger partial charge in [-0.25, -0.2) is 0 Å². The monoisotopic (exact) mass is 178 g/mol. The topological polar surface area (TPSA) is 49.0 Å². The average molecular weight is 178 g/mol. The molecule has 0 radical (unpaired) electrons. The molecule has 1 atom stereocenters. The minimum absolute atomic E-state index is 0.264. The summed E-state index contributed by atoms with van der Waals surface area (Å²) in [6.45, 7) is 2.86. The SMILES string of the molecule is CC(CC#N)NCCc1ccco1. The normalized spacial score (nSPS) is 12.3. The molecule has 0 aliphatic rings. The lowest BCUT2D eigenvalue weighted by atomic mass is 10.2. The molecule has 1 aromatic rings. The molecule has 13 heavy (non-hydrogen) atoms. The first-order valence-electron chi connectivity index (χ1n) is 4.45. The molecule has 1 unspecified atom stereocenters. The second kappa shape index (κ2) is 5.39. The first-order valence-corrected chi connectivity index (χ1v) is 4.45. The van der Waals surface area contributed by atoms with Gasteiger partial charge in [0.2, 0.25) is 0 Å². The van der Waals surface area contributed by atoms with Crippen LogP contribution in [-0.2, 0) is 6.42 Å². The molecular formula is C10H14N2O. The zero-order valence-corrected chi connectivity index (χ0v) is 7.79. The van der Waals surface area contributed by atoms with Crippen LogP contribution in [0.1, 0.15) is 19.1 Å². The Morgan fingerprint density at radius 1 is 1.69 bits per heavy atom. The quantitative estimate of drug-likeness (QED) is 0.746. The highest BCUT2D eigenvalue weighted by atomic mass is 16.3. The van der Waals surface area contributed by atoms with Gasteiger partial charge in [0.05, 0.1) is 18.8 Å². The van der Waals surface area contributed by atoms with Crippen molar-refractivity contribution < 1.29 is 4.42 Å². The molecule has 0 aliphatic carbocycles. The molecule has 1 rings (SSSR count). The van der Waals surface area contributed by atoms with Crippen molar-refractivity contribution in [1.29, 1.82) is 5.26 Å². The van der Waals surface area contributed by atoms with E-state index in [1.165, 1.54) is 0 Å². The second-order valence-electron chi connectivity index (χ2n) is 3.05. The van der Waals surface area contributed by atoms with Crippen molar-refractivity contribution in [3.05, 3.63) is 24.2 Å². The number of furan rings is 1. The molecule has 70 valence electrons. The Bertz CT molecular complexity index is 261. The molecular weight excluding hydrogens is 164 g/mol. The molecule has 3 heteroatoms. The Balaban J connectivity index is 2.11. The van der Waals surface area contributed by atoms with E-state index in [1.54, 1.807) is 6.26 Å². The van der Waals surface area contributed by atoms with Gasteiger partial charge in [-0.15, -0.1) is 0 Å². The van der Waals surface area contributed by atoms with Crippen molar-refractivity contribution in [3.63, 3.8) is 0 Å². The number of nitrogens with zero attached hydrogens (tertiary/aromatic N) is 1. The summed E-state index contributed by atoms with van der Waals surface area (Å²) in [7, 11) is 0. The molecule has 0 amide bonds. The molecule has 0 spiro atoms. The lowest BCUT2D eigenvalue weighted by Crippen LogP contribution is -2.27. The van der Waals surface area contributed by atoms with Crippen molar-refractivity contribution in [2.75, 3.05) is 6.54 Å².